The molecule has 0 heterocycles. The van der Waals surface area contributed by atoms with Gasteiger partial charge in [0.2, 0.25) is 0 Å². The first-order valence-electron chi connectivity index (χ1n) is 5.67. The largest absolute Gasteiger partial charge is 0.395 e. The lowest BCUT2D eigenvalue weighted by Gasteiger charge is -2.37. The van der Waals surface area contributed by atoms with E-state index in [1.54, 1.807) is 0 Å². The molecule has 1 nitrogen and oxygen atoms in total. The van der Waals surface area contributed by atoms with E-state index in [1.807, 2.05) is 0 Å². The van der Waals surface area contributed by atoms with Crippen LogP contribution in [0.5, 0.6) is 0 Å². The van der Waals surface area contributed by atoms with Gasteiger partial charge in [-0.05, 0) is 6.42 Å². The van der Waals surface area contributed by atoms with Crippen molar-refractivity contribution in [3.8, 4) is 0 Å². The standard InChI is InChI=1S/C11H25BrOSi/c1-5-6-7-8-9-11(12,10-13)14(2,3)4/h13H,5-10H2,1-4H3. The Labute approximate surface area is 98.4 Å². The monoisotopic (exact) mass is 280 g/mol. The van der Waals surface area contributed by atoms with Crippen molar-refractivity contribution in [1.29, 1.82) is 0 Å². The molecule has 1 atom stereocenters. The van der Waals surface area contributed by atoms with Crippen LogP contribution in [0.15, 0.2) is 0 Å². The van der Waals surface area contributed by atoms with Crippen LogP contribution in [-0.4, -0.2) is 23.7 Å². The maximum absolute atomic E-state index is 9.47. The smallest absolute Gasteiger partial charge is 0.0664 e. The van der Waals surface area contributed by atoms with Gasteiger partial charge in [0.05, 0.1) is 14.7 Å². The van der Waals surface area contributed by atoms with Gasteiger partial charge in [-0.15, -0.1) is 0 Å². The van der Waals surface area contributed by atoms with Crippen LogP contribution in [0.25, 0.3) is 0 Å². The van der Waals surface area contributed by atoms with E-state index in [-0.39, 0.29) is 10.6 Å². The van der Waals surface area contributed by atoms with E-state index in [0.717, 1.165) is 6.42 Å². The quantitative estimate of drug-likeness (QED) is 0.425. The van der Waals surface area contributed by atoms with Gasteiger partial charge in [0, 0.05) is 3.95 Å². The number of hydrogen-bond acceptors (Lipinski definition) is 1. The van der Waals surface area contributed by atoms with Gasteiger partial charge in [0.15, 0.2) is 0 Å². The number of unbranched alkanes of at least 4 members (excludes halogenated alkanes) is 3. The Morgan fingerprint density at radius 1 is 1.14 bits per heavy atom. The van der Waals surface area contributed by atoms with Crippen molar-refractivity contribution in [2.45, 2.75) is 62.6 Å². The normalized spacial score (nSPS) is 16.7. The molecule has 86 valence electrons. The molecule has 0 amide bonds. The number of aliphatic hydroxyl groups excluding tert-OH is 1. The fourth-order valence-corrected chi connectivity index (χ4v) is 3.20. The zero-order valence-corrected chi connectivity index (χ0v) is 12.7. The summed E-state index contributed by atoms with van der Waals surface area (Å²) in [7, 11) is -1.30. The van der Waals surface area contributed by atoms with E-state index in [0.29, 0.717) is 0 Å². The Bertz CT molecular complexity index is 156. The predicted molar refractivity (Wildman–Crippen MR) is 70.8 cm³/mol. The third-order valence-corrected chi connectivity index (χ3v) is 10.3. The van der Waals surface area contributed by atoms with E-state index in [1.165, 1.54) is 25.7 Å². The van der Waals surface area contributed by atoms with Crippen LogP contribution in [0.2, 0.25) is 19.6 Å². The van der Waals surface area contributed by atoms with Crippen LogP contribution in [0.3, 0.4) is 0 Å². The lowest BCUT2D eigenvalue weighted by atomic mass is 10.1. The highest BCUT2D eigenvalue weighted by Gasteiger charge is 2.39. The van der Waals surface area contributed by atoms with Gasteiger partial charge in [-0.1, -0.05) is 68.2 Å². The van der Waals surface area contributed by atoms with Crippen molar-refractivity contribution in [3.05, 3.63) is 0 Å². The Morgan fingerprint density at radius 3 is 2.07 bits per heavy atom. The topological polar surface area (TPSA) is 20.2 Å². The minimum absolute atomic E-state index is 0.0355. The number of hydrogen-bond donors (Lipinski definition) is 1. The van der Waals surface area contributed by atoms with E-state index in [9.17, 15) is 5.11 Å². The maximum Gasteiger partial charge on any atom is 0.0664 e. The average Bonchev–Trinajstić information content (AvgIpc) is 2.10. The van der Waals surface area contributed by atoms with E-state index in [4.69, 9.17) is 0 Å². The summed E-state index contributed by atoms with van der Waals surface area (Å²) in [6.07, 6.45) is 6.26. The third kappa shape index (κ3) is 4.45. The summed E-state index contributed by atoms with van der Waals surface area (Å²) in [4.78, 5) is 0. The predicted octanol–water partition coefficient (Wildman–Crippen LogP) is 3.96. The number of halogens is 1. The van der Waals surface area contributed by atoms with Gasteiger partial charge in [0.25, 0.3) is 0 Å². The summed E-state index contributed by atoms with van der Waals surface area (Å²) in [5.74, 6) is 0. The maximum atomic E-state index is 9.47. The van der Waals surface area contributed by atoms with Crippen LogP contribution in [-0.2, 0) is 0 Å². The van der Waals surface area contributed by atoms with Crippen LogP contribution >= 0.6 is 15.9 Å². The van der Waals surface area contributed by atoms with Crippen molar-refractivity contribution in [2.75, 3.05) is 6.61 Å². The molecule has 0 spiro atoms. The number of rotatable bonds is 7. The first-order chi connectivity index (χ1) is 6.37. The molecule has 0 rings (SSSR count). The lowest BCUT2D eigenvalue weighted by Crippen LogP contribution is -2.50. The molecule has 0 saturated heterocycles. The summed E-state index contributed by atoms with van der Waals surface area (Å²) in [5, 5.41) is 9.47. The Kier molecular flexibility index (Phi) is 6.58. The van der Waals surface area contributed by atoms with Gasteiger partial charge >= 0.3 is 0 Å². The second-order valence-corrected chi connectivity index (χ2v) is 12.9. The highest BCUT2D eigenvalue weighted by Crippen LogP contribution is 2.34. The van der Waals surface area contributed by atoms with E-state index < -0.39 is 8.07 Å². The zero-order valence-electron chi connectivity index (χ0n) is 10.1. The number of alkyl halides is 1. The summed E-state index contributed by atoms with van der Waals surface area (Å²) in [6, 6.07) is 0. The van der Waals surface area contributed by atoms with Gasteiger partial charge < -0.3 is 5.11 Å². The van der Waals surface area contributed by atoms with Crippen molar-refractivity contribution < 1.29 is 5.11 Å². The first kappa shape index (κ1) is 14.7. The molecule has 3 heteroatoms. The minimum Gasteiger partial charge on any atom is -0.395 e. The Morgan fingerprint density at radius 2 is 1.71 bits per heavy atom. The second kappa shape index (κ2) is 6.29. The lowest BCUT2D eigenvalue weighted by molar-refractivity contribution is 0.272. The van der Waals surface area contributed by atoms with Crippen LogP contribution in [0.4, 0.5) is 0 Å². The Balaban J connectivity index is 4.01. The fourth-order valence-electron chi connectivity index (χ4n) is 1.52. The van der Waals surface area contributed by atoms with Gasteiger partial charge in [-0.25, -0.2) is 0 Å². The summed E-state index contributed by atoms with van der Waals surface area (Å²) >= 11 is 3.77. The fraction of sp³-hybridized carbons (Fsp3) is 1.00. The summed E-state index contributed by atoms with van der Waals surface area (Å²) in [6.45, 7) is 9.47. The highest BCUT2D eigenvalue weighted by molar-refractivity contribution is 9.10. The molecule has 0 radical (unpaired) electrons. The van der Waals surface area contributed by atoms with Crippen molar-refractivity contribution in [1.82, 2.24) is 0 Å². The molecule has 14 heavy (non-hydrogen) atoms. The molecule has 0 aliphatic carbocycles. The molecule has 0 aliphatic rings. The van der Waals surface area contributed by atoms with E-state index in [2.05, 4.69) is 42.5 Å². The third-order valence-electron chi connectivity index (χ3n) is 3.02. The van der Waals surface area contributed by atoms with E-state index >= 15 is 0 Å². The summed E-state index contributed by atoms with van der Waals surface area (Å²) in [5.41, 5.74) is 0. The molecule has 0 bridgehead atoms. The average molecular weight is 281 g/mol. The minimum atomic E-state index is -1.30. The van der Waals surface area contributed by atoms with Crippen LogP contribution < -0.4 is 0 Å². The molecular weight excluding hydrogens is 256 g/mol. The summed E-state index contributed by atoms with van der Waals surface area (Å²) < 4.78 is 0.0355. The molecule has 1 N–H and O–H groups in total. The molecule has 0 aromatic heterocycles. The Hall–Kier alpha value is 0.657. The zero-order chi connectivity index (χ0) is 11.2. The molecular formula is C11H25BrOSi. The molecule has 0 fully saturated rings. The van der Waals surface area contributed by atoms with Gasteiger partial charge in [0.1, 0.15) is 0 Å². The van der Waals surface area contributed by atoms with Crippen LogP contribution in [0.1, 0.15) is 39.0 Å². The number of aliphatic hydroxyl groups is 1. The van der Waals surface area contributed by atoms with Gasteiger partial charge in [-0.2, -0.15) is 0 Å². The second-order valence-electron chi connectivity index (χ2n) is 5.18. The van der Waals surface area contributed by atoms with Gasteiger partial charge in [-0.3, -0.25) is 0 Å². The molecule has 0 aromatic rings. The molecule has 0 aliphatic heterocycles. The van der Waals surface area contributed by atoms with Crippen molar-refractivity contribution in [3.63, 3.8) is 0 Å². The van der Waals surface area contributed by atoms with Crippen molar-refractivity contribution >= 4 is 24.0 Å². The molecule has 0 aromatic carbocycles. The van der Waals surface area contributed by atoms with Crippen LogP contribution in [0, 0.1) is 0 Å². The SMILES string of the molecule is CCCCCCC(Br)(CO)[Si](C)(C)C. The van der Waals surface area contributed by atoms with Crippen molar-refractivity contribution in [2.24, 2.45) is 0 Å². The molecule has 1 unspecified atom stereocenters. The highest BCUT2D eigenvalue weighted by atomic mass is 79.9. The molecule has 0 saturated carbocycles. The first-order valence-corrected chi connectivity index (χ1v) is 9.96.